The van der Waals surface area contributed by atoms with Gasteiger partial charge in [-0.2, -0.15) is 4.98 Å². The number of ether oxygens (including phenoxy) is 2. The largest absolute Gasteiger partial charge is 0.497 e. The Hall–Kier alpha value is -3.39. The molecule has 1 N–H and O–H groups in total. The molecule has 1 fully saturated rings. The quantitative estimate of drug-likeness (QED) is 0.594. The van der Waals surface area contributed by atoms with Crippen molar-refractivity contribution in [3.63, 3.8) is 0 Å². The van der Waals surface area contributed by atoms with E-state index in [9.17, 15) is 4.79 Å². The van der Waals surface area contributed by atoms with Crippen molar-refractivity contribution in [3.8, 4) is 11.5 Å². The highest BCUT2D eigenvalue weighted by Crippen LogP contribution is 2.21. The van der Waals surface area contributed by atoms with Gasteiger partial charge in [-0.15, -0.1) is 0 Å². The zero-order valence-electron chi connectivity index (χ0n) is 17.5. The lowest BCUT2D eigenvalue weighted by Crippen LogP contribution is -2.40. The van der Waals surface area contributed by atoms with Gasteiger partial charge in [-0.25, -0.2) is 0 Å². The second-order valence-electron chi connectivity index (χ2n) is 7.50. The van der Waals surface area contributed by atoms with Crippen molar-refractivity contribution in [2.75, 3.05) is 25.5 Å². The molecule has 0 spiro atoms. The fraction of sp³-hybridized carbons (Fsp3) is 0.348. The van der Waals surface area contributed by atoms with Crippen molar-refractivity contribution < 1.29 is 18.8 Å². The highest BCUT2D eigenvalue weighted by molar-refractivity contribution is 5.92. The van der Waals surface area contributed by atoms with Crippen LogP contribution in [0.4, 0.5) is 5.69 Å². The lowest BCUT2D eigenvalue weighted by atomic mass is 9.97. The third kappa shape index (κ3) is 5.82. The number of carbonyl (C=O) groups excluding carboxylic acids is 1. The number of nitrogens with zero attached hydrogens (tertiary/aromatic N) is 3. The molecular weight excluding hydrogens is 396 g/mol. The first-order chi connectivity index (χ1) is 15.2. The van der Waals surface area contributed by atoms with Gasteiger partial charge in [-0.1, -0.05) is 23.4 Å². The van der Waals surface area contributed by atoms with E-state index in [-0.39, 0.29) is 18.4 Å². The number of hydrogen-bond donors (Lipinski definition) is 1. The summed E-state index contributed by atoms with van der Waals surface area (Å²) in [6.07, 6.45) is 1.83. The van der Waals surface area contributed by atoms with Crippen molar-refractivity contribution in [3.05, 3.63) is 66.3 Å². The second kappa shape index (κ2) is 10.1. The number of para-hydroxylation sites is 1. The van der Waals surface area contributed by atoms with Crippen LogP contribution in [0.2, 0.25) is 0 Å². The molecule has 162 valence electrons. The van der Waals surface area contributed by atoms with Gasteiger partial charge in [0.25, 0.3) is 0 Å². The van der Waals surface area contributed by atoms with Gasteiger partial charge in [0.1, 0.15) is 11.5 Å². The maximum Gasteiger partial charge on any atom is 0.240 e. The molecule has 3 aromatic rings. The molecule has 8 heteroatoms. The molecule has 1 aliphatic heterocycles. The minimum absolute atomic E-state index is 0.0509. The van der Waals surface area contributed by atoms with Crippen molar-refractivity contribution in [2.24, 2.45) is 5.92 Å². The van der Waals surface area contributed by atoms with Crippen LogP contribution in [0, 0.1) is 5.92 Å². The first kappa shape index (κ1) is 20.9. The number of benzene rings is 2. The molecule has 1 aliphatic rings. The third-order valence-corrected chi connectivity index (χ3v) is 5.21. The van der Waals surface area contributed by atoms with E-state index in [1.807, 2.05) is 54.6 Å². The average Bonchev–Trinajstić information content (AvgIpc) is 3.26. The maximum absolute atomic E-state index is 12.6. The Kier molecular flexibility index (Phi) is 6.78. The summed E-state index contributed by atoms with van der Waals surface area (Å²) in [6, 6.07) is 16.9. The summed E-state index contributed by atoms with van der Waals surface area (Å²) < 4.78 is 16.2. The zero-order chi connectivity index (χ0) is 21.5. The second-order valence-corrected chi connectivity index (χ2v) is 7.50. The van der Waals surface area contributed by atoms with Gasteiger partial charge in [-0.3, -0.25) is 9.69 Å². The molecule has 8 nitrogen and oxygen atoms in total. The summed E-state index contributed by atoms with van der Waals surface area (Å²) in [5.41, 5.74) is 0.822. The van der Waals surface area contributed by atoms with E-state index in [1.165, 1.54) is 0 Å². The standard InChI is InChI=1S/C23H26N4O4/c1-29-19-9-11-20(12-10-19)30-16-21-25-22(31-26-21)15-27-13-5-6-17(14-27)23(28)24-18-7-3-2-4-8-18/h2-4,7-12,17H,5-6,13-16H2,1H3,(H,24,28). The van der Waals surface area contributed by atoms with E-state index in [4.69, 9.17) is 14.0 Å². The van der Waals surface area contributed by atoms with Crippen LogP contribution in [0.25, 0.3) is 0 Å². The topological polar surface area (TPSA) is 89.7 Å². The fourth-order valence-corrected chi connectivity index (χ4v) is 3.60. The number of anilines is 1. The number of piperidine rings is 1. The minimum Gasteiger partial charge on any atom is -0.497 e. The van der Waals surface area contributed by atoms with Gasteiger partial charge in [-0.05, 0) is 55.8 Å². The summed E-state index contributed by atoms with van der Waals surface area (Å²) >= 11 is 0. The normalized spacial score (nSPS) is 16.6. The molecule has 2 aromatic carbocycles. The molecule has 0 radical (unpaired) electrons. The number of rotatable bonds is 8. The van der Waals surface area contributed by atoms with E-state index in [0.29, 0.717) is 30.6 Å². The van der Waals surface area contributed by atoms with E-state index >= 15 is 0 Å². The van der Waals surface area contributed by atoms with Crippen LogP contribution in [0.5, 0.6) is 11.5 Å². The molecule has 0 saturated carbocycles. The number of likely N-dealkylation sites (tertiary alicyclic amines) is 1. The molecule has 0 bridgehead atoms. The van der Waals surface area contributed by atoms with Crippen LogP contribution in [-0.4, -0.2) is 41.1 Å². The van der Waals surface area contributed by atoms with Crippen LogP contribution in [0.1, 0.15) is 24.6 Å². The molecule has 1 atom stereocenters. The van der Waals surface area contributed by atoms with E-state index in [2.05, 4.69) is 20.4 Å². The Bertz CT molecular complexity index is 975. The SMILES string of the molecule is COc1ccc(OCc2noc(CN3CCCC(C(=O)Nc4ccccc4)C3)n2)cc1. The van der Waals surface area contributed by atoms with Gasteiger partial charge < -0.3 is 19.3 Å². The van der Waals surface area contributed by atoms with Gasteiger partial charge in [0, 0.05) is 12.2 Å². The average molecular weight is 422 g/mol. The summed E-state index contributed by atoms with van der Waals surface area (Å²) in [6.45, 7) is 2.30. The van der Waals surface area contributed by atoms with Gasteiger partial charge >= 0.3 is 0 Å². The van der Waals surface area contributed by atoms with E-state index in [1.54, 1.807) is 7.11 Å². The molecule has 4 rings (SSSR count). The maximum atomic E-state index is 12.6. The van der Waals surface area contributed by atoms with Crippen LogP contribution in [-0.2, 0) is 17.9 Å². The van der Waals surface area contributed by atoms with Crippen molar-refractivity contribution in [2.45, 2.75) is 26.0 Å². The number of carbonyl (C=O) groups is 1. The van der Waals surface area contributed by atoms with Crippen molar-refractivity contribution in [1.29, 1.82) is 0 Å². The smallest absolute Gasteiger partial charge is 0.240 e. The molecular formula is C23H26N4O4. The molecule has 31 heavy (non-hydrogen) atoms. The number of aromatic nitrogens is 2. The third-order valence-electron chi connectivity index (χ3n) is 5.21. The van der Waals surface area contributed by atoms with Gasteiger partial charge in [0.15, 0.2) is 6.61 Å². The number of amides is 1. The number of nitrogens with one attached hydrogen (secondary N) is 1. The van der Waals surface area contributed by atoms with Crippen molar-refractivity contribution >= 4 is 11.6 Å². The lowest BCUT2D eigenvalue weighted by molar-refractivity contribution is -0.121. The zero-order valence-corrected chi connectivity index (χ0v) is 17.5. The number of hydrogen-bond acceptors (Lipinski definition) is 7. The molecule has 1 saturated heterocycles. The molecule has 1 amide bonds. The first-order valence-electron chi connectivity index (χ1n) is 10.4. The summed E-state index contributed by atoms with van der Waals surface area (Å²) in [5.74, 6) is 2.48. The summed E-state index contributed by atoms with van der Waals surface area (Å²) in [5, 5.41) is 7.00. The predicted molar refractivity (Wildman–Crippen MR) is 115 cm³/mol. The van der Waals surface area contributed by atoms with Gasteiger partial charge in [0.05, 0.1) is 19.6 Å². The Morgan fingerprint density at radius 1 is 1.16 bits per heavy atom. The molecule has 1 unspecified atom stereocenters. The monoisotopic (exact) mass is 422 g/mol. The van der Waals surface area contributed by atoms with E-state index in [0.717, 1.165) is 30.8 Å². The summed E-state index contributed by atoms with van der Waals surface area (Å²) in [4.78, 5) is 19.2. The summed E-state index contributed by atoms with van der Waals surface area (Å²) in [7, 11) is 1.62. The Balaban J connectivity index is 1.27. The Labute approximate surface area is 181 Å². The van der Waals surface area contributed by atoms with Gasteiger partial charge in [0.2, 0.25) is 17.6 Å². The highest BCUT2D eigenvalue weighted by Gasteiger charge is 2.27. The predicted octanol–water partition coefficient (Wildman–Crippen LogP) is 3.51. The lowest BCUT2D eigenvalue weighted by Gasteiger charge is -2.30. The fourth-order valence-electron chi connectivity index (χ4n) is 3.60. The van der Waals surface area contributed by atoms with E-state index < -0.39 is 0 Å². The van der Waals surface area contributed by atoms with Crippen LogP contribution < -0.4 is 14.8 Å². The van der Waals surface area contributed by atoms with Crippen LogP contribution in [0.3, 0.4) is 0 Å². The van der Waals surface area contributed by atoms with Crippen LogP contribution in [0.15, 0.2) is 59.1 Å². The Morgan fingerprint density at radius 3 is 2.71 bits per heavy atom. The Morgan fingerprint density at radius 2 is 1.94 bits per heavy atom. The molecule has 2 heterocycles. The highest BCUT2D eigenvalue weighted by atomic mass is 16.5. The number of methoxy groups -OCH3 is 1. The van der Waals surface area contributed by atoms with Crippen molar-refractivity contribution in [1.82, 2.24) is 15.0 Å². The van der Waals surface area contributed by atoms with Crippen LogP contribution >= 0.6 is 0 Å². The molecule has 1 aromatic heterocycles. The first-order valence-corrected chi connectivity index (χ1v) is 10.4. The minimum atomic E-state index is -0.0604. The molecule has 0 aliphatic carbocycles.